The van der Waals surface area contributed by atoms with E-state index in [1.807, 2.05) is 13.8 Å². The highest BCUT2D eigenvalue weighted by molar-refractivity contribution is 5.98. The summed E-state index contributed by atoms with van der Waals surface area (Å²) in [4.78, 5) is 25.7. The number of nitrogens with zero attached hydrogens (tertiary/aromatic N) is 1. The normalized spacial score (nSPS) is 9.17. The molecule has 1 amide bonds. The SMILES string of the molecule is CC.CC(C)OC(=O)Nc1ccncc1C(=O)O. The van der Waals surface area contributed by atoms with E-state index in [9.17, 15) is 9.59 Å². The van der Waals surface area contributed by atoms with Crippen LogP contribution in [-0.4, -0.2) is 28.3 Å². The molecule has 1 aromatic heterocycles. The summed E-state index contributed by atoms with van der Waals surface area (Å²) in [6.45, 7) is 7.40. The molecule has 0 aliphatic rings. The lowest BCUT2D eigenvalue weighted by Crippen LogP contribution is -2.19. The maximum atomic E-state index is 11.3. The molecule has 18 heavy (non-hydrogen) atoms. The molecule has 0 atom stereocenters. The van der Waals surface area contributed by atoms with Crippen LogP contribution in [0.5, 0.6) is 0 Å². The molecule has 0 fully saturated rings. The number of carbonyl (C=O) groups is 2. The van der Waals surface area contributed by atoms with Gasteiger partial charge in [0.1, 0.15) is 5.56 Å². The first-order valence-electron chi connectivity index (χ1n) is 5.65. The summed E-state index contributed by atoms with van der Waals surface area (Å²) >= 11 is 0. The van der Waals surface area contributed by atoms with Crippen LogP contribution in [0.3, 0.4) is 0 Å². The fraction of sp³-hybridized carbons (Fsp3) is 0.417. The van der Waals surface area contributed by atoms with Crippen molar-refractivity contribution >= 4 is 17.7 Å². The highest BCUT2D eigenvalue weighted by Crippen LogP contribution is 2.13. The Hall–Kier alpha value is -2.11. The van der Waals surface area contributed by atoms with Crippen LogP contribution in [0.25, 0.3) is 0 Å². The van der Waals surface area contributed by atoms with Crippen molar-refractivity contribution in [2.45, 2.75) is 33.8 Å². The number of hydrogen-bond acceptors (Lipinski definition) is 4. The van der Waals surface area contributed by atoms with Crippen LogP contribution < -0.4 is 5.32 Å². The average Bonchev–Trinajstić information content (AvgIpc) is 2.30. The number of hydrogen-bond donors (Lipinski definition) is 2. The monoisotopic (exact) mass is 254 g/mol. The largest absolute Gasteiger partial charge is 0.478 e. The van der Waals surface area contributed by atoms with Gasteiger partial charge >= 0.3 is 12.1 Å². The number of pyridine rings is 1. The highest BCUT2D eigenvalue weighted by Gasteiger charge is 2.13. The first-order valence-corrected chi connectivity index (χ1v) is 5.65. The third kappa shape index (κ3) is 5.29. The molecule has 1 rings (SSSR count). The summed E-state index contributed by atoms with van der Waals surface area (Å²) in [5.41, 5.74) is 0.0800. The first-order chi connectivity index (χ1) is 8.50. The van der Waals surface area contributed by atoms with Crippen molar-refractivity contribution < 1.29 is 19.4 Å². The quantitative estimate of drug-likeness (QED) is 0.865. The number of amides is 1. The van der Waals surface area contributed by atoms with E-state index in [0.717, 1.165) is 6.20 Å². The summed E-state index contributed by atoms with van der Waals surface area (Å²) in [6, 6.07) is 1.39. The lowest BCUT2D eigenvalue weighted by Gasteiger charge is -2.10. The number of nitrogens with one attached hydrogen (secondary N) is 1. The highest BCUT2D eigenvalue weighted by atomic mass is 16.6. The van der Waals surface area contributed by atoms with Crippen molar-refractivity contribution in [3.8, 4) is 0 Å². The first kappa shape index (κ1) is 15.9. The summed E-state index contributed by atoms with van der Waals surface area (Å²) < 4.78 is 4.83. The minimum atomic E-state index is -1.16. The summed E-state index contributed by atoms with van der Waals surface area (Å²) in [7, 11) is 0. The lowest BCUT2D eigenvalue weighted by atomic mass is 10.2. The predicted molar refractivity (Wildman–Crippen MR) is 67.8 cm³/mol. The van der Waals surface area contributed by atoms with Gasteiger partial charge in [0.25, 0.3) is 0 Å². The maximum Gasteiger partial charge on any atom is 0.411 e. The Morgan fingerprint density at radius 3 is 2.50 bits per heavy atom. The van der Waals surface area contributed by atoms with E-state index < -0.39 is 12.1 Å². The molecule has 0 aromatic carbocycles. The fourth-order valence-electron chi connectivity index (χ4n) is 1.03. The molecule has 6 heteroatoms. The second-order valence-electron chi connectivity index (χ2n) is 3.31. The van der Waals surface area contributed by atoms with Crippen LogP contribution in [0.1, 0.15) is 38.1 Å². The molecule has 0 saturated heterocycles. The van der Waals surface area contributed by atoms with Crippen molar-refractivity contribution in [1.29, 1.82) is 0 Å². The van der Waals surface area contributed by atoms with Gasteiger partial charge in [-0.1, -0.05) is 13.8 Å². The van der Waals surface area contributed by atoms with Gasteiger partial charge in [-0.25, -0.2) is 9.59 Å². The van der Waals surface area contributed by atoms with Crippen LogP contribution in [0.2, 0.25) is 0 Å². The van der Waals surface area contributed by atoms with Crippen LogP contribution in [-0.2, 0) is 4.74 Å². The maximum absolute atomic E-state index is 11.3. The molecule has 6 nitrogen and oxygen atoms in total. The van der Waals surface area contributed by atoms with Crippen molar-refractivity contribution in [1.82, 2.24) is 4.98 Å². The minimum Gasteiger partial charge on any atom is -0.478 e. The van der Waals surface area contributed by atoms with Crippen LogP contribution in [0.15, 0.2) is 18.5 Å². The van der Waals surface area contributed by atoms with Gasteiger partial charge in [-0.05, 0) is 19.9 Å². The van der Waals surface area contributed by atoms with E-state index in [-0.39, 0.29) is 17.4 Å². The van der Waals surface area contributed by atoms with Crippen molar-refractivity contribution in [2.24, 2.45) is 0 Å². The predicted octanol–water partition coefficient (Wildman–Crippen LogP) is 2.76. The van der Waals surface area contributed by atoms with Gasteiger partial charge in [-0.3, -0.25) is 10.3 Å². The van der Waals surface area contributed by atoms with Gasteiger partial charge in [-0.2, -0.15) is 0 Å². The number of carboxylic acids is 1. The number of aromatic carboxylic acids is 1. The van der Waals surface area contributed by atoms with Crippen LogP contribution in [0.4, 0.5) is 10.5 Å². The zero-order chi connectivity index (χ0) is 14.1. The minimum absolute atomic E-state index is 0.0804. The van der Waals surface area contributed by atoms with E-state index in [1.165, 1.54) is 12.3 Å². The topological polar surface area (TPSA) is 88.5 Å². The Morgan fingerprint density at radius 2 is 2.00 bits per heavy atom. The van der Waals surface area contributed by atoms with E-state index in [1.54, 1.807) is 13.8 Å². The van der Waals surface area contributed by atoms with Crippen molar-refractivity contribution in [2.75, 3.05) is 5.32 Å². The van der Waals surface area contributed by atoms with Gasteiger partial charge in [0.15, 0.2) is 0 Å². The van der Waals surface area contributed by atoms with Gasteiger partial charge in [0.2, 0.25) is 0 Å². The number of anilines is 1. The van der Waals surface area contributed by atoms with Crippen molar-refractivity contribution in [3.05, 3.63) is 24.0 Å². The molecule has 2 N–H and O–H groups in total. The second-order valence-corrected chi connectivity index (χ2v) is 3.31. The Balaban J connectivity index is 0.00000137. The molecule has 0 spiro atoms. The fourth-order valence-corrected chi connectivity index (χ4v) is 1.03. The Morgan fingerprint density at radius 1 is 1.39 bits per heavy atom. The number of carboxylic acid groups (broad SMARTS) is 1. The molecule has 1 aromatic rings. The lowest BCUT2D eigenvalue weighted by molar-refractivity contribution is 0.0697. The molecular weight excluding hydrogens is 236 g/mol. The van der Waals surface area contributed by atoms with Crippen LogP contribution >= 0.6 is 0 Å². The second kappa shape index (κ2) is 8.05. The number of ether oxygens (including phenoxy) is 1. The zero-order valence-corrected chi connectivity index (χ0v) is 10.9. The smallest absolute Gasteiger partial charge is 0.411 e. The molecule has 0 bridgehead atoms. The Bertz CT molecular complexity index is 405. The number of carbonyl (C=O) groups excluding carboxylic acids is 1. The van der Waals surface area contributed by atoms with Gasteiger partial charge < -0.3 is 9.84 Å². The molecule has 1 heterocycles. The van der Waals surface area contributed by atoms with Crippen molar-refractivity contribution in [3.63, 3.8) is 0 Å². The number of rotatable bonds is 3. The van der Waals surface area contributed by atoms with E-state index in [2.05, 4.69) is 10.3 Å². The molecule has 0 radical (unpaired) electrons. The van der Waals surface area contributed by atoms with E-state index in [0.29, 0.717) is 0 Å². The molecule has 100 valence electrons. The third-order valence-electron chi connectivity index (χ3n) is 1.63. The van der Waals surface area contributed by atoms with E-state index >= 15 is 0 Å². The van der Waals surface area contributed by atoms with Gasteiger partial charge in [0.05, 0.1) is 11.8 Å². The Labute approximate surface area is 106 Å². The molecule has 0 aliphatic carbocycles. The molecular formula is C12H18N2O4. The third-order valence-corrected chi connectivity index (χ3v) is 1.63. The molecule has 0 saturated carbocycles. The van der Waals surface area contributed by atoms with Gasteiger partial charge in [0, 0.05) is 12.4 Å². The summed E-state index contributed by atoms with van der Waals surface area (Å²) in [5.74, 6) is -1.16. The molecule has 0 unspecified atom stereocenters. The summed E-state index contributed by atoms with van der Waals surface area (Å²) in [6.07, 6.45) is 1.59. The number of aromatic nitrogens is 1. The Kier molecular flexibility index (Phi) is 7.11. The van der Waals surface area contributed by atoms with E-state index in [4.69, 9.17) is 9.84 Å². The zero-order valence-electron chi connectivity index (χ0n) is 10.9. The average molecular weight is 254 g/mol. The standard InChI is InChI=1S/C10H12N2O4.C2H6/c1-6(2)16-10(15)12-8-3-4-11-5-7(8)9(13)14;1-2/h3-6H,1-2H3,(H,13,14)(H,11,12,15);1-2H3. The van der Waals surface area contributed by atoms with Gasteiger partial charge in [-0.15, -0.1) is 0 Å². The molecule has 0 aliphatic heterocycles. The summed E-state index contributed by atoms with van der Waals surface area (Å²) in [5, 5.41) is 11.2. The van der Waals surface area contributed by atoms with Crippen LogP contribution in [0, 0.1) is 0 Å².